The first-order valence-corrected chi connectivity index (χ1v) is 3.28. The fourth-order valence-corrected chi connectivity index (χ4v) is 1.08. The minimum Gasteiger partial charge on any atom is -0.390 e. The van der Waals surface area contributed by atoms with Crippen LogP contribution in [0, 0.1) is 5.92 Å². The number of hydrogen-bond acceptors (Lipinski definition) is 3. The van der Waals surface area contributed by atoms with Gasteiger partial charge in [0.2, 0.25) is 0 Å². The summed E-state index contributed by atoms with van der Waals surface area (Å²) < 4.78 is 0. The summed E-state index contributed by atoms with van der Waals surface area (Å²) in [4.78, 5) is 0. The number of rotatable bonds is 0. The topological polar surface area (TPSA) is 52.5 Å². The van der Waals surface area contributed by atoms with Crippen LogP contribution in [0.15, 0.2) is 0 Å². The van der Waals surface area contributed by atoms with Crippen molar-refractivity contribution in [2.75, 3.05) is 13.1 Å². The highest BCUT2D eigenvalue weighted by Crippen LogP contribution is 2.09. The van der Waals surface area contributed by atoms with Crippen LogP contribution in [0.25, 0.3) is 0 Å². The van der Waals surface area contributed by atoms with E-state index in [0.717, 1.165) is 6.54 Å². The van der Waals surface area contributed by atoms with Crippen LogP contribution in [-0.4, -0.2) is 35.5 Å². The van der Waals surface area contributed by atoms with Gasteiger partial charge < -0.3 is 15.5 Å². The highest BCUT2D eigenvalue weighted by Gasteiger charge is 2.26. The summed E-state index contributed by atoms with van der Waals surface area (Å²) in [6.07, 6.45) is -1.11. The normalized spacial score (nSPS) is 45.0. The third kappa shape index (κ3) is 1.41. The molecule has 0 saturated carbocycles. The molecule has 3 heteroatoms. The Hall–Kier alpha value is -0.120. The summed E-state index contributed by atoms with van der Waals surface area (Å²) in [7, 11) is 0. The van der Waals surface area contributed by atoms with Gasteiger partial charge in [-0.1, -0.05) is 6.92 Å². The lowest BCUT2D eigenvalue weighted by Gasteiger charge is -2.29. The first-order valence-electron chi connectivity index (χ1n) is 3.28. The minimum atomic E-state index is -0.575. The van der Waals surface area contributed by atoms with Gasteiger partial charge in [0.15, 0.2) is 0 Å². The molecule has 9 heavy (non-hydrogen) atoms. The molecule has 0 amide bonds. The van der Waals surface area contributed by atoms with Crippen molar-refractivity contribution in [3.63, 3.8) is 0 Å². The summed E-state index contributed by atoms with van der Waals surface area (Å²) >= 11 is 0. The lowest BCUT2D eigenvalue weighted by atomic mass is 9.96. The van der Waals surface area contributed by atoms with E-state index in [4.69, 9.17) is 10.2 Å². The van der Waals surface area contributed by atoms with Crippen molar-refractivity contribution < 1.29 is 10.2 Å². The lowest BCUT2D eigenvalue weighted by molar-refractivity contribution is -0.0295. The zero-order chi connectivity index (χ0) is 6.85. The molecule has 1 heterocycles. The zero-order valence-electron chi connectivity index (χ0n) is 5.54. The van der Waals surface area contributed by atoms with E-state index < -0.39 is 12.2 Å². The smallest absolute Gasteiger partial charge is 0.0926 e. The molecule has 1 saturated heterocycles. The molecule has 3 N–H and O–H groups in total. The Morgan fingerprint density at radius 3 is 2.44 bits per heavy atom. The molecular weight excluding hydrogens is 118 g/mol. The Morgan fingerprint density at radius 2 is 2.00 bits per heavy atom. The minimum absolute atomic E-state index is 0.175. The van der Waals surface area contributed by atoms with Crippen LogP contribution >= 0.6 is 0 Å². The van der Waals surface area contributed by atoms with Crippen molar-refractivity contribution in [3.8, 4) is 0 Å². The molecule has 1 aliphatic heterocycles. The van der Waals surface area contributed by atoms with Crippen molar-refractivity contribution in [1.82, 2.24) is 5.32 Å². The van der Waals surface area contributed by atoms with Gasteiger partial charge in [0.25, 0.3) is 0 Å². The van der Waals surface area contributed by atoms with Crippen molar-refractivity contribution in [2.24, 2.45) is 5.92 Å². The van der Waals surface area contributed by atoms with Crippen molar-refractivity contribution in [2.45, 2.75) is 19.1 Å². The third-order valence-electron chi connectivity index (χ3n) is 1.80. The standard InChI is InChI=1S/C6H13NO2/c1-4-2-7-3-5(8)6(4)9/h4-9H,2-3H2,1H3/t4-,5-,6+/m0/s1. The molecule has 0 aliphatic carbocycles. The van der Waals surface area contributed by atoms with Gasteiger partial charge in [-0.15, -0.1) is 0 Å². The molecule has 3 nitrogen and oxygen atoms in total. The number of nitrogens with one attached hydrogen (secondary N) is 1. The SMILES string of the molecule is C[C@H]1CNC[C@H](O)[C@@H]1O. The van der Waals surface area contributed by atoms with Gasteiger partial charge in [-0.2, -0.15) is 0 Å². The van der Waals surface area contributed by atoms with Crippen molar-refractivity contribution >= 4 is 0 Å². The molecule has 1 rings (SSSR count). The van der Waals surface area contributed by atoms with E-state index in [-0.39, 0.29) is 5.92 Å². The van der Waals surface area contributed by atoms with Crippen molar-refractivity contribution in [3.05, 3.63) is 0 Å². The maximum absolute atomic E-state index is 9.16. The highest BCUT2D eigenvalue weighted by molar-refractivity contribution is 4.81. The molecule has 0 aromatic heterocycles. The maximum Gasteiger partial charge on any atom is 0.0926 e. The van der Waals surface area contributed by atoms with Crippen molar-refractivity contribution in [1.29, 1.82) is 0 Å². The second kappa shape index (κ2) is 2.64. The summed E-state index contributed by atoms with van der Waals surface area (Å²) in [5.41, 5.74) is 0. The van der Waals surface area contributed by atoms with E-state index >= 15 is 0 Å². The molecule has 0 aromatic rings. The second-order valence-corrected chi connectivity index (χ2v) is 2.69. The van der Waals surface area contributed by atoms with Crippen LogP contribution in [0.1, 0.15) is 6.92 Å². The Balaban J connectivity index is 2.41. The van der Waals surface area contributed by atoms with Gasteiger partial charge in [-0.3, -0.25) is 0 Å². The second-order valence-electron chi connectivity index (χ2n) is 2.69. The Kier molecular flexibility index (Phi) is 2.05. The third-order valence-corrected chi connectivity index (χ3v) is 1.80. The monoisotopic (exact) mass is 131 g/mol. The average Bonchev–Trinajstić information content (AvgIpc) is 1.83. The lowest BCUT2D eigenvalue weighted by Crippen LogP contribution is -2.49. The number of piperidine rings is 1. The summed E-state index contributed by atoms with van der Waals surface area (Å²) in [6.45, 7) is 3.24. The zero-order valence-corrected chi connectivity index (χ0v) is 5.54. The fraction of sp³-hybridized carbons (Fsp3) is 1.00. The molecule has 0 unspecified atom stereocenters. The first-order chi connectivity index (χ1) is 4.22. The fourth-order valence-electron chi connectivity index (χ4n) is 1.08. The maximum atomic E-state index is 9.16. The van der Waals surface area contributed by atoms with Gasteiger partial charge in [0.1, 0.15) is 0 Å². The quantitative estimate of drug-likeness (QED) is 0.393. The Labute approximate surface area is 54.7 Å². The van der Waals surface area contributed by atoms with Crippen LogP contribution < -0.4 is 5.32 Å². The number of aliphatic hydroxyl groups excluding tert-OH is 2. The van der Waals surface area contributed by atoms with Gasteiger partial charge in [0.05, 0.1) is 12.2 Å². The molecular formula is C6H13NO2. The molecule has 0 bridgehead atoms. The van der Waals surface area contributed by atoms with E-state index in [1.807, 2.05) is 6.92 Å². The van der Waals surface area contributed by atoms with Gasteiger partial charge in [-0.05, 0) is 5.92 Å². The number of hydrogen-bond donors (Lipinski definition) is 3. The largest absolute Gasteiger partial charge is 0.390 e. The van der Waals surface area contributed by atoms with E-state index in [0.29, 0.717) is 6.54 Å². The first kappa shape index (κ1) is 6.99. The average molecular weight is 131 g/mol. The molecule has 1 fully saturated rings. The predicted molar refractivity (Wildman–Crippen MR) is 34.0 cm³/mol. The summed E-state index contributed by atoms with van der Waals surface area (Å²) in [5, 5.41) is 21.2. The summed E-state index contributed by atoms with van der Waals surface area (Å²) in [5.74, 6) is 0.175. The van der Waals surface area contributed by atoms with Crippen LogP contribution in [0.4, 0.5) is 0 Å². The van der Waals surface area contributed by atoms with E-state index in [2.05, 4.69) is 5.32 Å². The molecule has 54 valence electrons. The molecule has 1 aliphatic rings. The van der Waals surface area contributed by atoms with E-state index in [1.165, 1.54) is 0 Å². The molecule has 0 spiro atoms. The number of β-amino-alcohol motifs (C(OH)–C–C–N with tert-alkyl or cyclic N) is 1. The molecule has 0 radical (unpaired) electrons. The summed E-state index contributed by atoms with van der Waals surface area (Å²) in [6, 6.07) is 0. The Bertz CT molecular complexity index is 87.1. The Morgan fingerprint density at radius 1 is 1.33 bits per heavy atom. The van der Waals surface area contributed by atoms with Crippen LogP contribution in [-0.2, 0) is 0 Å². The number of aliphatic hydroxyl groups is 2. The van der Waals surface area contributed by atoms with Gasteiger partial charge in [0, 0.05) is 13.1 Å². The predicted octanol–water partition coefficient (Wildman–Crippen LogP) is -1.05. The van der Waals surface area contributed by atoms with Crippen LogP contribution in [0.2, 0.25) is 0 Å². The van der Waals surface area contributed by atoms with Crippen LogP contribution in [0.5, 0.6) is 0 Å². The highest BCUT2D eigenvalue weighted by atomic mass is 16.3. The van der Waals surface area contributed by atoms with Gasteiger partial charge in [-0.25, -0.2) is 0 Å². The molecule has 0 aromatic carbocycles. The van der Waals surface area contributed by atoms with E-state index in [1.54, 1.807) is 0 Å². The van der Waals surface area contributed by atoms with Gasteiger partial charge >= 0.3 is 0 Å². The van der Waals surface area contributed by atoms with Crippen LogP contribution in [0.3, 0.4) is 0 Å². The molecule has 3 atom stereocenters. The van der Waals surface area contributed by atoms with E-state index in [9.17, 15) is 0 Å².